The van der Waals surface area contributed by atoms with Crippen LogP contribution in [0.25, 0.3) is 0 Å². The molecule has 180 valence electrons. The molecule has 1 fully saturated rings. The summed E-state index contributed by atoms with van der Waals surface area (Å²) in [6, 6.07) is 0. The average Bonchev–Trinajstić information content (AvgIpc) is 2.72. The molecule has 0 aromatic carbocycles. The van der Waals surface area contributed by atoms with Crippen LogP contribution >= 0.6 is 22.6 Å². The van der Waals surface area contributed by atoms with E-state index in [0.29, 0.717) is 23.2 Å². The van der Waals surface area contributed by atoms with Crippen molar-refractivity contribution in [2.45, 2.75) is 122 Å². The molecule has 1 saturated heterocycles. The zero-order valence-corrected chi connectivity index (χ0v) is 24.1. The second kappa shape index (κ2) is 15.9. The van der Waals surface area contributed by atoms with E-state index in [9.17, 15) is 0 Å². The number of unbranched alkanes of at least 4 members (excludes halogenated alkanes) is 2. The van der Waals surface area contributed by atoms with Gasteiger partial charge in [0.05, 0.1) is 12.7 Å². The summed E-state index contributed by atoms with van der Waals surface area (Å²) in [5, 5.41) is 0. The molecule has 1 heterocycles. The van der Waals surface area contributed by atoms with Crippen molar-refractivity contribution >= 4 is 30.9 Å². The van der Waals surface area contributed by atoms with Gasteiger partial charge in [0.2, 0.25) is 8.32 Å². The van der Waals surface area contributed by atoms with E-state index in [4.69, 9.17) is 13.9 Å². The first-order valence-corrected chi connectivity index (χ1v) is 16.1. The van der Waals surface area contributed by atoms with E-state index in [2.05, 4.69) is 82.6 Å². The van der Waals surface area contributed by atoms with Gasteiger partial charge in [-0.2, -0.15) is 0 Å². The second-order valence-corrected chi connectivity index (χ2v) is 16.2. The molecule has 0 amide bonds. The maximum atomic E-state index is 7.08. The van der Waals surface area contributed by atoms with E-state index in [-0.39, 0.29) is 12.4 Å². The Morgan fingerprint density at radius 2 is 1.74 bits per heavy atom. The van der Waals surface area contributed by atoms with Crippen LogP contribution in [0, 0.1) is 11.8 Å². The molecule has 0 N–H and O–H groups in total. The fourth-order valence-corrected chi connectivity index (χ4v) is 11.0. The highest BCUT2D eigenvalue weighted by molar-refractivity contribution is 14.1. The normalized spacial score (nSPS) is 18.3. The van der Waals surface area contributed by atoms with E-state index in [1.54, 1.807) is 0 Å². The summed E-state index contributed by atoms with van der Waals surface area (Å²) in [6.45, 7) is 20.0. The minimum Gasteiger partial charge on any atom is -0.409 e. The van der Waals surface area contributed by atoms with Gasteiger partial charge < -0.3 is 13.9 Å². The van der Waals surface area contributed by atoms with Crippen molar-refractivity contribution in [2.24, 2.45) is 0 Å². The summed E-state index contributed by atoms with van der Waals surface area (Å²) in [7, 11) is -1.96. The summed E-state index contributed by atoms with van der Waals surface area (Å²) in [6.07, 6.45) is 8.61. The van der Waals surface area contributed by atoms with E-state index in [1.165, 1.54) is 23.7 Å². The third kappa shape index (κ3) is 9.88. The Hall–Kier alpha value is 0.127. The first-order valence-electron chi connectivity index (χ1n) is 12.4. The molecule has 0 radical (unpaired) electrons. The van der Waals surface area contributed by atoms with E-state index in [1.807, 2.05) is 0 Å². The monoisotopic (exact) mass is 562 g/mol. The van der Waals surface area contributed by atoms with Crippen LogP contribution in [-0.2, 0) is 13.9 Å². The van der Waals surface area contributed by atoms with E-state index >= 15 is 0 Å². The van der Waals surface area contributed by atoms with Crippen molar-refractivity contribution in [2.75, 3.05) is 17.6 Å². The fourth-order valence-electron chi connectivity index (χ4n) is 4.86. The Morgan fingerprint density at radius 1 is 1.06 bits per heavy atom. The van der Waals surface area contributed by atoms with Gasteiger partial charge in [0.25, 0.3) is 0 Å². The van der Waals surface area contributed by atoms with Gasteiger partial charge in [-0.15, -0.1) is 0 Å². The lowest BCUT2D eigenvalue weighted by Crippen LogP contribution is -2.50. The van der Waals surface area contributed by atoms with E-state index < -0.39 is 8.32 Å². The highest BCUT2D eigenvalue weighted by Gasteiger charge is 2.46. The largest absolute Gasteiger partial charge is 0.409 e. The molecule has 0 aliphatic carbocycles. The van der Waals surface area contributed by atoms with Gasteiger partial charge >= 0.3 is 0 Å². The Balaban J connectivity index is 2.69. The van der Waals surface area contributed by atoms with E-state index in [0.717, 1.165) is 44.3 Å². The van der Waals surface area contributed by atoms with Crippen LogP contribution in [0.4, 0.5) is 0 Å². The molecular formula is C26H47IO3Si. The summed E-state index contributed by atoms with van der Waals surface area (Å²) in [5.41, 5.74) is 2.67. The Bertz CT molecular complexity index is 537. The quantitative estimate of drug-likeness (QED) is 0.0705. The van der Waals surface area contributed by atoms with Gasteiger partial charge in [0.15, 0.2) is 6.29 Å². The van der Waals surface area contributed by atoms with Crippen LogP contribution in [0.2, 0.25) is 16.6 Å². The molecule has 0 saturated carbocycles. The maximum absolute atomic E-state index is 7.08. The summed E-state index contributed by atoms with van der Waals surface area (Å²) >= 11 is 2.46. The highest BCUT2D eigenvalue weighted by Crippen LogP contribution is 2.44. The number of halogens is 1. The number of rotatable bonds is 14. The maximum Gasteiger partial charge on any atom is 0.201 e. The lowest BCUT2D eigenvalue weighted by atomic mass is 10.1. The molecule has 1 rings (SSSR count). The van der Waals surface area contributed by atoms with Crippen LogP contribution in [0.1, 0.15) is 92.9 Å². The summed E-state index contributed by atoms with van der Waals surface area (Å²) < 4.78 is 19.7. The number of ether oxygens (including phenoxy) is 2. The van der Waals surface area contributed by atoms with Crippen molar-refractivity contribution in [3.05, 3.63) is 12.2 Å². The molecule has 3 nitrogen and oxygen atoms in total. The molecule has 0 bridgehead atoms. The Labute approximate surface area is 207 Å². The molecule has 2 unspecified atom stereocenters. The molecule has 5 heteroatoms. The molecule has 1 aliphatic heterocycles. The smallest absolute Gasteiger partial charge is 0.201 e. The first kappa shape index (κ1) is 29.2. The van der Waals surface area contributed by atoms with Gasteiger partial charge in [-0.05, 0) is 66.0 Å². The molecule has 0 aromatic rings. The lowest BCUT2D eigenvalue weighted by molar-refractivity contribution is -0.162. The SMILES string of the molecule is C=C(C#CCCCOC1CCCCO1)C(CCCCI)O[Si](C(C)C)(C(C)C)C(C)C. The minimum absolute atomic E-state index is 0.00598. The lowest BCUT2D eigenvalue weighted by Gasteiger charge is -2.44. The van der Waals surface area contributed by atoms with Crippen molar-refractivity contribution < 1.29 is 13.9 Å². The average molecular weight is 563 g/mol. The second-order valence-electron chi connectivity index (χ2n) is 9.71. The van der Waals surface area contributed by atoms with Crippen molar-refractivity contribution in [1.82, 2.24) is 0 Å². The van der Waals surface area contributed by atoms with Gasteiger partial charge in [-0.25, -0.2) is 0 Å². The van der Waals surface area contributed by atoms with Crippen LogP contribution < -0.4 is 0 Å². The standard InChI is InChI=1S/C26H47IO3Si/c1-21(2)31(22(3)4,23(5)6)30-25(16-10-12-18-27)24(7)15-9-8-13-19-28-26-17-11-14-20-29-26/h21-23,25-26H,7-8,10-14,16-20H2,1-6H3. The predicted octanol–water partition coefficient (Wildman–Crippen LogP) is 8.04. The fraction of sp³-hybridized carbons (Fsp3) is 0.846. The number of alkyl halides is 1. The molecule has 1 aliphatic rings. The topological polar surface area (TPSA) is 27.7 Å². The molecule has 2 atom stereocenters. The van der Waals surface area contributed by atoms with Crippen molar-refractivity contribution in [3.63, 3.8) is 0 Å². The third-order valence-corrected chi connectivity index (χ3v) is 13.3. The van der Waals surface area contributed by atoms with Crippen molar-refractivity contribution in [3.8, 4) is 11.8 Å². The van der Waals surface area contributed by atoms with Crippen LogP contribution in [0.5, 0.6) is 0 Å². The van der Waals surface area contributed by atoms with Crippen LogP contribution in [0.3, 0.4) is 0 Å². The predicted molar refractivity (Wildman–Crippen MR) is 144 cm³/mol. The van der Waals surface area contributed by atoms with Gasteiger partial charge in [-0.3, -0.25) is 0 Å². The molecule has 0 spiro atoms. The van der Waals surface area contributed by atoms with Crippen molar-refractivity contribution in [1.29, 1.82) is 0 Å². The van der Waals surface area contributed by atoms with Gasteiger partial charge in [-0.1, -0.05) is 82.6 Å². The zero-order chi connectivity index (χ0) is 23.3. The minimum atomic E-state index is -1.96. The number of hydrogen-bond acceptors (Lipinski definition) is 3. The Kier molecular flexibility index (Phi) is 14.9. The van der Waals surface area contributed by atoms with Gasteiger partial charge in [0, 0.05) is 18.6 Å². The molecule has 31 heavy (non-hydrogen) atoms. The highest BCUT2D eigenvalue weighted by atomic mass is 127. The first-order chi connectivity index (χ1) is 14.8. The zero-order valence-electron chi connectivity index (χ0n) is 21.0. The number of hydrogen-bond donors (Lipinski definition) is 0. The van der Waals surface area contributed by atoms with Gasteiger partial charge in [0.1, 0.15) is 0 Å². The summed E-state index contributed by atoms with van der Waals surface area (Å²) in [5.74, 6) is 6.68. The summed E-state index contributed by atoms with van der Waals surface area (Å²) in [4.78, 5) is 0. The van der Waals surface area contributed by atoms with Crippen LogP contribution in [0.15, 0.2) is 12.2 Å². The third-order valence-electron chi connectivity index (χ3n) is 6.43. The van der Waals surface area contributed by atoms with Crippen LogP contribution in [-0.4, -0.2) is 38.4 Å². The Morgan fingerprint density at radius 3 is 2.29 bits per heavy atom. The molecular weight excluding hydrogens is 515 g/mol. The molecule has 0 aromatic heterocycles.